The quantitative estimate of drug-likeness (QED) is 0.184. The third kappa shape index (κ3) is 6.65. The molecule has 1 atom stereocenters. The van der Waals surface area contributed by atoms with E-state index in [0.717, 1.165) is 28.2 Å². The molecule has 3 rings (SSSR count). The van der Waals surface area contributed by atoms with E-state index >= 15 is 0 Å². The van der Waals surface area contributed by atoms with Crippen molar-refractivity contribution in [2.75, 3.05) is 20.3 Å². The van der Waals surface area contributed by atoms with E-state index in [2.05, 4.69) is 29.8 Å². The van der Waals surface area contributed by atoms with E-state index in [-0.39, 0.29) is 5.91 Å². The summed E-state index contributed by atoms with van der Waals surface area (Å²) in [5.74, 6) is 0.829. The highest BCUT2D eigenvalue weighted by Gasteiger charge is 2.41. The summed E-state index contributed by atoms with van der Waals surface area (Å²) in [5.41, 5.74) is 1.37. The van der Waals surface area contributed by atoms with Crippen molar-refractivity contribution in [2.45, 2.75) is 33.2 Å². The first-order valence-electron chi connectivity index (χ1n) is 11.3. The van der Waals surface area contributed by atoms with E-state index in [1.54, 1.807) is 30.3 Å². The molecule has 0 radical (unpaired) electrons. The minimum Gasteiger partial charge on any atom is -0.490 e. The molecule has 0 aliphatic carbocycles. The molecule has 0 bridgehead atoms. The third-order valence-electron chi connectivity index (χ3n) is 5.19. The van der Waals surface area contributed by atoms with Crippen molar-refractivity contribution < 1.29 is 23.8 Å². The number of hydrogen-bond donors (Lipinski definition) is 0. The summed E-state index contributed by atoms with van der Waals surface area (Å²) in [6.45, 7) is 7.23. The van der Waals surface area contributed by atoms with Gasteiger partial charge in [-0.1, -0.05) is 68.2 Å². The van der Waals surface area contributed by atoms with E-state index in [9.17, 15) is 9.59 Å². The number of carbonyl (C=O) groups excluding carboxylic acids is 2. The number of carbonyl (C=O) groups is 2. The van der Waals surface area contributed by atoms with Crippen LogP contribution in [0.3, 0.4) is 0 Å². The largest absolute Gasteiger partial charge is 0.490 e. The zero-order valence-corrected chi connectivity index (χ0v) is 23.3. The fraction of sp³-hybridized carbons (Fsp3) is 0.346. The van der Waals surface area contributed by atoms with Crippen LogP contribution in [0.4, 0.5) is 0 Å². The Morgan fingerprint density at radius 3 is 2.54 bits per heavy atom. The molecule has 186 valence electrons. The van der Waals surface area contributed by atoms with Crippen LogP contribution in [0.25, 0.3) is 6.08 Å². The number of halogens is 1. The highest BCUT2D eigenvalue weighted by molar-refractivity contribution is 9.10. The summed E-state index contributed by atoms with van der Waals surface area (Å²) >= 11 is 10.2. The second-order valence-electron chi connectivity index (χ2n) is 8.18. The Morgan fingerprint density at radius 2 is 1.91 bits per heavy atom. The van der Waals surface area contributed by atoms with E-state index in [1.807, 2.05) is 25.1 Å². The van der Waals surface area contributed by atoms with Crippen LogP contribution in [-0.4, -0.2) is 41.4 Å². The molecular formula is C26H28BrNO5S2. The molecule has 1 saturated heterocycles. The molecule has 2 aromatic carbocycles. The Bertz CT molecular complexity index is 1120. The van der Waals surface area contributed by atoms with E-state index in [4.69, 9.17) is 26.4 Å². The highest BCUT2D eigenvalue weighted by atomic mass is 79.9. The first-order valence-corrected chi connectivity index (χ1v) is 13.3. The Labute approximate surface area is 224 Å². The van der Waals surface area contributed by atoms with Crippen molar-refractivity contribution in [1.29, 1.82) is 0 Å². The fourth-order valence-corrected chi connectivity index (χ4v) is 5.35. The van der Waals surface area contributed by atoms with Gasteiger partial charge in [-0.05, 0) is 64.5 Å². The number of methoxy groups -OCH3 is 1. The van der Waals surface area contributed by atoms with Gasteiger partial charge in [0.1, 0.15) is 4.32 Å². The van der Waals surface area contributed by atoms with Gasteiger partial charge in [-0.15, -0.1) is 0 Å². The maximum absolute atomic E-state index is 13.4. The van der Waals surface area contributed by atoms with Crippen LogP contribution in [-0.2, 0) is 14.3 Å². The Kier molecular flexibility index (Phi) is 9.77. The van der Waals surface area contributed by atoms with Gasteiger partial charge in [0.15, 0.2) is 17.5 Å². The molecule has 1 aliphatic rings. The lowest BCUT2D eigenvalue weighted by molar-refractivity contribution is -0.148. The number of ether oxygens (including phenoxy) is 3. The molecule has 0 N–H and O–H groups in total. The van der Waals surface area contributed by atoms with E-state index in [1.165, 1.54) is 12.0 Å². The molecule has 35 heavy (non-hydrogen) atoms. The van der Waals surface area contributed by atoms with Crippen LogP contribution >= 0.6 is 39.9 Å². The van der Waals surface area contributed by atoms with Crippen molar-refractivity contribution >= 4 is 62.2 Å². The lowest BCUT2D eigenvalue weighted by Crippen LogP contribution is -2.37. The molecule has 0 aromatic heterocycles. The van der Waals surface area contributed by atoms with Crippen LogP contribution in [0.1, 0.15) is 44.4 Å². The molecular weight excluding hydrogens is 550 g/mol. The molecule has 6 nitrogen and oxygen atoms in total. The van der Waals surface area contributed by atoms with E-state index in [0.29, 0.717) is 45.4 Å². The lowest BCUT2D eigenvalue weighted by atomic mass is 10.1. The Balaban J connectivity index is 1.93. The molecule has 2 aromatic rings. The smallest absolute Gasteiger partial charge is 0.333 e. The lowest BCUT2D eigenvalue weighted by Gasteiger charge is -2.24. The number of thiocarbonyl (C=S) groups is 1. The SMILES string of the molecule is CCOc1cc(/C=C2/SC(=S)N(C(C(=O)OC)c3ccccc3)C2=O)cc(Br)c1OCCC(C)C. The molecule has 1 unspecified atom stereocenters. The van der Waals surface area contributed by atoms with Crippen molar-refractivity contribution in [3.63, 3.8) is 0 Å². The van der Waals surface area contributed by atoms with Crippen LogP contribution in [0.2, 0.25) is 0 Å². The summed E-state index contributed by atoms with van der Waals surface area (Å²) in [7, 11) is 1.29. The first-order chi connectivity index (χ1) is 16.8. The molecule has 1 aliphatic heterocycles. The van der Waals surface area contributed by atoms with Gasteiger partial charge in [0, 0.05) is 0 Å². The van der Waals surface area contributed by atoms with Crippen molar-refractivity contribution in [3.05, 3.63) is 63.0 Å². The maximum atomic E-state index is 13.4. The zero-order chi connectivity index (χ0) is 25.5. The monoisotopic (exact) mass is 577 g/mol. The van der Waals surface area contributed by atoms with E-state index < -0.39 is 12.0 Å². The summed E-state index contributed by atoms with van der Waals surface area (Å²) in [6.07, 6.45) is 2.66. The van der Waals surface area contributed by atoms with Crippen LogP contribution in [0.5, 0.6) is 11.5 Å². The van der Waals surface area contributed by atoms with Gasteiger partial charge in [0.05, 0.1) is 29.7 Å². The second kappa shape index (κ2) is 12.6. The highest BCUT2D eigenvalue weighted by Crippen LogP contribution is 2.41. The Morgan fingerprint density at radius 1 is 1.20 bits per heavy atom. The summed E-state index contributed by atoms with van der Waals surface area (Å²) in [5, 5.41) is 0. The van der Waals surface area contributed by atoms with Crippen molar-refractivity contribution in [2.24, 2.45) is 5.92 Å². The minimum absolute atomic E-state index is 0.290. The van der Waals surface area contributed by atoms with Gasteiger partial charge >= 0.3 is 5.97 Å². The van der Waals surface area contributed by atoms with Gasteiger partial charge < -0.3 is 14.2 Å². The maximum Gasteiger partial charge on any atom is 0.333 e. The molecule has 0 saturated carbocycles. The fourth-order valence-electron chi connectivity index (χ4n) is 3.46. The topological polar surface area (TPSA) is 65.1 Å². The van der Waals surface area contributed by atoms with Gasteiger partial charge in [-0.2, -0.15) is 0 Å². The normalized spacial score (nSPS) is 15.6. The number of nitrogens with zero attached hydrogens (tertiary/aromatic N) is 1. The molecule has 9 heteroatoms. The molecule has 1 heterocycles. The zero-order valence-electron chi connectivity index (χ0n) is 20.1. The number of benzene rings is 2. The predicted octanol–water partition coefficient (Wildman–Crippen LogP) is 6.39. The summed E-state index contributed by atoms with van der Waals surface area (Å²) in [4.78, 5) is 27.8. The summed E-state index contributed by atoms with van der Waals surface area (Å²) < 4.78 is 17.8. The third-order valence-corrected chi connectivity index (χ3v) is 7.11. The number of thioether (sulfide) groups is 1. The minimum atomic E-state index is -0.956. The van der Waals surface area contributed by atoms with Crippen molar-refractivity contribution in [3.8, 4) is 11.5 Å². The van der Waals surface area contributed by atoms with Crippen LogP contribution in [0, 0.1) is 5.92 Å². The molecule has 0 spiro atoms. The second-order valence-corrected chi connectivity index (χ2v) is 10.7. The van der Waals surface area contributed by atoms with Crippen LogP contribution < -0.4 is 9.47 Å². The van der Waals surface area contributed by atoms with Crippen molar-refractivity contribution in [1.82, 2.24) is 4.90 Å². The van der Waals surface area contributed by atoms with Gasteiger partial charge in [-0.3, -0.25) is 9.69 Å². The standard InChI is InChI=1S/C26H28BrNO5S2/c1-5-32-20-14-17(13-19(27)23(20)33-12-11-16(2)3)15-21-24(29)28(26(34)35-21)22(25(30)31-4)18-9-7-6-8-10-18/h6-10,13-16,22H,5,11-12H2,1-4H3/b21-15+. The van der Waals surface area contributed by atoms with Gasteiger partial charge in [0.25, 0.3) is 5.91 Å². The average molecular weight is 579 g/mol. The average Bonchev–Trinajstić information content (AvgIpc) is 3.09. The first kappa shape index (κ1) is 27.2. The van der Waals surface area contributed by atoms with Gasteiger partial charge in [0.2, 0.25) is 0 Å². The Hall–Kier alpha value is -2.36. The van der Waals surface area contributed by atoms with Crippen LogP contribution in [0.15, 0.2) is 51.8 Å². The summed E-state index contributed by atoms with van der Waals surface area (Å²) in [6, 6.07) is 11.7. The number of esters is 1. The number of hydrogen-bond acceptors (Lipinski definition) is 7. The number of amides is 1. The molecule has 1 amide bonds. The van der Waals surface area contributed by atoms with Gasteiger partial charge in [-0.25, -0.2) is 4.79 Å². The number of rotatable bonds is 10. The predicted molar refractivity (Wildman–Crippen MR) is 146 cm³/mol. The molecule has 1 fully saturated rings.